The third-order valence-corrected chi connectivity index (χ3v) is 3.90. The molecule has 118 valence electrons. The maximum Gasteiger partial charge on any atom is 0.171 e. The van der Waals surface area contributed by atoms with Crippen molar-refractivity contribution in [2.75, 3.05) is 0 Å². The van der Waals surface area contributed by atoms with Gasteiger partial charge in [0.05, 0.1) is 5.92 Å². The van der Waals surface area contributed by atoms with Crippen LogP contribution in [-0.2, 0) is 4.79 Å². The van der Waals surface area contributed by atoms with E-state index in [1.807, 2.05) is 78.9 Å². The summed E-state index contributed by atoms with van der Waals surface area (Å²) in [6.07, 6.45) is 1.32. The van der Waals surface area contributed by atoms with Crippen molar-refractivity contribution in [1.29, 1.82) is 0 Å². The Morgan fingerprint density at radius 2 is 1.12 bits per heavy atom. The van der Waals surface area contributed by atoms with Crippen LogP contribution in [0.25, 0.3) is 5.76 Å². The first-order valence-corrected chi connectivity index (χ1v) is 7.85. The average molecular weight is 314 g/mol. The fraction of sp³-hybridized carbons (Fsp3) is 0.0455. The lowest BCUT2D eigenvalue weighted by Gasteiger charge is -2.15. The molecule has 0 heterocycles. The highest BCUT2D eigenvalue weighted by molar-refractivity contribution is 6.01. The smallest absolute Gasteiger partial charge is 0.171 e. The second kappa shape index (κ2) is 7.42. The van der Waals surface area contributed by atoms with Crippen molar-refractivity contribution in [3.05, 3.63) is 114 Å². The van der Waals surface area contributed by atoms with Crippen molar-refractivity contribution in [3.8, 4) is 0 Å². The normalized spacial score (nSPS) is 11.5. The van der Waals surface area contributed by atoms with Gasteiger partial charge in [-0.25, -0.2) is 0 Å². The van der Waals surface area contributed by atoms with E-state index in [2.05, 4.69) is 0 Å². The molecule has 0 atom stereocenters. The summed E-state index contributed by atoms with van der Waals surface area (Å²) in [4.78, 5) is 12.9. The van der Waals surface area contributed by atoms with Gasteiger partial charge in [0, 0.05) is 11.6 Å². The minimum atomic E-state index is -0.432. The van der Waals surface area contributed by atoms with Crippen molar-refractivity contribution >= 4 is 11.5 Å². The molecule has 0 saturated carbocycles. The van der Waals surface area contributed by atoms with Crippen molar-refractivity contribution in [1.82, 2.24) is 0 Å². The number of carbonyl (C=O) groups excluding carboxylic acids is 1. The molecule has 2 heteroatoms. The van der Waals surface area contributed by atoms with E-state index in [0.29, 0.717) is 5.56 Å². The number of rotatable bonds is 5. The van der Waals surface area contributed by atoms with E-state index in [1.54, 1.807) is 12.1 Å². The third-order valence-electron chi connectivity index (χ3n) is 3.90. The number of benzene rings is 3. The molecule has 3 aromatic rings. The fourth-order valence-corrected chi connectivity index (χ4v) is 2.72. The molecule has 0 aliphatic rings. The van der Waals surface area contributed by atoms with Gasteiger partial charge in [-0.15, -0.1) is 0 Å². The van der Waals surface area contributed by atoms with Gasteiger partial charge in [-0.05, 0) is 11.1 Å². The maximum atomic E-state index is 12.9. The number of aliphatic hydroxyl groups excluding tert-OH is 1. The van der Waals surface area contributed by atoms with Crippen LogP contribution in [0, 0.1) is 0 Å². The Kier molecular flexibility index (Phi) is 4.87. The molecular weight excluding hydrogens is 296 g/mol. The first-order valence-electron chi connectivity index (χ1n) is 7.85. The zero-order valence-electron chi connectivity index (χ0n) is 13.2. The number of allylic oxidation sites excluding steroid dienone is 1. The van der Waals surface area contributed by atoms with Crippen LogP contribution >= 0.6 is 0 Å². The predicted octanol–water partition coefficient (Wildman–Crippen LogP) is 4.99. The molecule has 0 unspecified atom stereocenters. The summed E-state index contributed by atoms with van der Waals surface area (Å²) in [5.41, 5.74) is 2.45. The van der Waals surface area contributed by atoms with E-state index in [4.69, 9.17) is 0 Å². The molecule has 0 aliphatic heterocycles. The van der Waals surface area contributed by atoms with Crippen LogP contribution in [0.3, 0.4) is 0 Å². The Balaban J connectivity index is 1.99. The Hall–Kier alpha value is -3.13. The van der Waals surface area contributed by atoms with Crippen LogP contribution < -0.4 is 0 Å². The summed E-state index contributed by atoms with van der Waals surface area (Å²) in [5, 5.41) is 10.3. The highest BCUT2D eigenvalue weighted by Gasteiger charge is 2.21. The predicted molar refractivity (Wildman–Crippen MR) is 96.8 cm³/mol. The summed E-state index contributed by atoms with van der Waals surface area (Å²) in [6, 6.07) is 28.3. The van der Waals surface area contributed by atoms with Crippen LogP contribution in [0.15, 0.2) is 97.1 Å². The van der Waals surface area contributed by atoms with E-state index < -0.39 is 5.92 Å². The lowest BCUT2D eigenvalue weighted by atomic mass is 9.87. The van der Waals surface area contributed by atoms with Crippen LogP contribution in [0.4, 0.5) is 0 Å². The van der Waals surface area contributed by atoms with E-state index in [0.717, 1.165) is 11.1 Å². The Morgan fingerprint density at radius 1 is 0.708 bits per heavy atom. The zero-order chi connectivity index (χ0) is 16.8. The second-order valence-corrected chi connectivity index (χ2v) is 5.55. The Bertz CT molecular complexity index is 782. The van der Waals surface area contributed by atoms with Gasteiger partial charge in [-0.2, -0.15) is 0 Å². The monoisotopic (exact) mass is 314 g/mol. The van der Waals surface area contributed by atoms with Crippen molar-refractivity contribution in [2.24, 2.45) is 0 Å². The summed E-state index contributed by atoms with van der Waals surface area (Å²) >= 11 is 0. The topological polar surface area (TPSA) is 37.3 Å². The molecule has 1 N–H and O–H groups in total. The molecule has 0 fully saturated rings. The fourth-order valence-electron chi connectivity index (χ4n) is 2.72. The number of hydrogen-bond acceptors (Lipinski definition) is 2. The largest absolute Gasteiger partial charge is 0.507 e. The first kappa shape index (κ1) is 15.8. The minimum Gasteiger partial charge on any atom is -0.507 e. The second-order valence-electron chi connectivity index (χ2n) is 5.55. The van der Waals surface area contributed by atoms with Gasteiger partial charge in [0.25, 0.3) is 0 Å². The molecule has 0 saturated heterocycles. The van der Waals surface area contributed by atoms with Gasteiger partial charge in [-0.3, -0.25) is 4.79 Å². The molecule has 0 aromatic heterocycles. The molecule has 0 radical (unpaired) electrons. The number of hydrogen-bond donors (Lipinski definition) is 1. The van der Waals surface area contributed by atoms with Crippen molar-refractivity contribution in [2.45, 2.75) is 5.92 Å². The van der Waals surface area contributed by atoms with Crippen molar-refractivity contribution in [3.63, 3.8) is 0 Å². The quantitative estimate of drug-likeness (QED) is 0.532. The first-order chi connectivity index (χ1) is 11.8. The molecule has 0 bridgehead atoms. The zero-order valence-corrected chi connectivity index (χ0v) is 13.2. The lowest BCUT2D eigenvalue weighted by Crippen LogP contribution is -2.12. The number of carbonyl (C=O) groups is 1. The molecule has 2 nitrogen and oxygen atoms in total. The van der Waals surface area contributed by atoms with Gasteiger partial charge < -0.3 is 5.11 Å². The van der Waals surface area contributed by atoms with E-state index in [-0.39, 0.29) is 11.5 Å². The van der Waals surface area contributed by atoms with Gasteiger partial charge in [-0.1, -0.05) is 91.0 Å². The number of ketones is 1. The highest BCUT2D eigenvalue weighted by Crippen LogP contribution is 2.27. The van der Waals surface area contributed by atoms with E-state index in [9.17, 15) is 9.90 Å². The summed E-state index contributed by atoms with van der Waals surface area (Å²) in [7, 11) is 0. The highest BCUT2D eigenvalue weighted by atomic mass is 16.3. The lowest BCUT2D eigenvalue weighted by molar-refractivity contribution is -0.115. The van der Waals surface area contributed by atoms with Crippen molar-refractivity contribution < 1.29 is 9.90 Å². The SMILES string of the molecule is O=C(/C=C(\O)c1ccccc1)C(c1ccccc1)c1ccccc1. The molecule has 24 heavy (non-hydrogen) atoms. The van der Waals surface area contributed by atoms with Crippen LogP contribution in [0.1, 0.15) is 22.6 Å². The summed E-state index contributed by atoms with van der Waals surface area (Å²) < 4.78 is 0. The van der Waals surface area contributed by atoms with Gasteiger partial charge in [0.15, 0.2) is 5.78 Å². The average Bonchev–Trinajstić information content (AvgIpc) is 2.64. The standard InChI is InChI=1S/C22H18O2/c23-20(17-10-4-1-5-11-17)16-21(24)22(18-12-6-2-7-13-18)19-14-8-3-9-15-19/h1-16,22-23H/b20-16-. The maximum absolute atomic E-state index is 12.9. The molecule has 0 aliphatic carbocycles. The van der Waals surface area contributed by atoms with Crippen LogP contribution in [0.2, 0.25) is 0 Å². The van der Waals surface area contributed by atoms with E-state index in [1.165, 1.54) is 6.08 Å². The molecule has 3 aromatic carbocycles. The van der Waals surface area contributed by atoms with Gasteiger partial charge in [0.2, 0.25) is 0 Å². The molecule has 0 spiro atoms. The van der Waals surface area contributed by atoms with Crippen LogP contribution in [-0.4, -0.2) is 10.9 Å². The third kappa shape index (κ3) is 3.61. The van der Waals surface area contributed by atoms with Crippen LogP contribution in [0.5, 0.6) is 0 Å². The summed E-state index contributed by atoms with van der Waals surface area (Å²) in [5.74, 6) is -0.593. The van der Waals surface area contributed by atoms with Gasteiger partial charge >= 0.3 is 0 Å². The molecule has 0 amide bonds. The van der Waals surface area contributed by atoms with E-state index >= 15 is 0 Å². The Morgan fingerprint density at radius 3 is 1.58 bits per heavy atom. The molecule has 3 rings (SSSR count). The molecular formula is C22H18O2. The Labute approximate surface area is 141 Å². The van der Waals surface area contributed by atoms with Gasteiger partial charge in [0.1, 0.15) is 5.76 Å². The minimum absolute atomic E-state index is 0.0162. The summed E-state index contributed by atoms with van der Waals surface area (Å²) in [6.45, 7) is 0. The number of aliphatic hydroxyl groups is 1.